The van der Waals surface area contributed by atoms with E-state index in [9.17, 15) is 23.5 Å². The number of carbonyl (C=O) groups excluding carboxylic acids is 1. The second-order valence-corrected chi connectivity index (χ2v) is 10.9. The Kier molecular flexibility index (Phi) is 8.27. The summed E-state index contributed by atoms with van der Waals surface area (Å²) in [5.41, 5.74) is 1.56. The van der Waals surface area contributed by atoms with Crippen LogP contribution in [0.15, 0.2) is 52.4 Å². The molecule has 1 fully saturated rings. The quantitative estimate of drug-likeness (QED) is 0.272. The number of esters is 1. The van der Waals surface area contributed by atoms with E-state index in [0.717, 1.165) is 24.5 Å². The lowest BCUT2D eigenvalue weighted by Crippen LogP contribution is -2.37. The predicted octanol–water partition coefficient (Wildman–Crippen LogP) is 5.24. The number of aliphatic imine (C=N–C) groups is 1. The van der Waals surface area contributed by atoms with Gasteiger partial charge in [-0.05, 0) is 49.1 Å². The van der Waals surface area contributed by atoms with Crippen LogP contribution in [0, 0.1) is 17.6 Å². The third kappa shape index (κ3) is 5.64. The highest BCUT2D eigenvalue weighted by molar-refractivity contribution is 7.11. The molecule has 2 N–H and O–H groups in total. The Morgan fingerprint density at radius 2 is 1.98 bits per heavy atom. The zero-order chi connectivity index (χ0) is 28.4. The standard InChI is InChI=1S/C27H26ClF2N5O4S/c1-39-19(36)8-10-35-13-16(12-32-35)14-2-4-15(5-3-14)23-20(27(37)38)24(17-6-7-18(29)22(30)21(17)28)34-25(33-23)26-31-9-11-40-26/h6-7,9,11-15,24H,2-5,8,10H2,1H3,(H,33,34)(H,37,38). The molecule has 1 aliphatic carbocycles. The fraction of sp³-hybridized carbons (Fsp3) is 0.370. The number of benzene rings is 1. The van der Waals surface area contributed by atoms with Crippen molar-refractivity contribution >= 4 is 40.7 Å². The van der Waals surface area contributed by atoms with Crippen LogP contribution in [0.2, 0.25) is 5.02 Å². The molecular formula is C27H26ClF2N5O4S. The van der Waals surface area contributed by atoms with Crippen LogP contribution in [0.25, 0.3) is 0 Å². The Hall–Kier alpha value is -3.64. The van der Waals surface area contributed by atoms with E-state index in [1.54, 1.807) is 22.5 Å². The number of aliphatic carboxylic acids is 1. The SMILES string of the molecule is COC(=O)CCn1cc(C2CCC(C3=C(C(=O)O)C(c4ccc(F)c(F)c4Cl)N=C(c4nccs4)N3)CC2)cn1. The molecule has 2 aromatic heterocycles. The Morgan fingerprint density at radius 3 is 2.65 bits per heavy atom. The monoisotopic (exact) mass is 589 g/mol. The molecule has 40 heavy (non-hydrogen) atoms. The second kappa shape index (κ2) is 11.8. The van der Waals surface area contributed by atoms with E-state index >= 15 is 0 Å². The third-order valence-corrected chi connectivity index (χ3v) is 8.50. The fourth-order valence-electron chi connectivity index (χ4n) is 5.28. The van der Waals surface area contributed by atoms with Crippen molar-refractivity contribution in [2.45, 2.75) is 50.6 Å². The summed E-state index contributed by atoms with van der Waals surface area (Å²) in [6.07, 6.45) is 8.50. The number of carbonyl (C=O) groups is 2. The van der Waals surface area contributed by atoms with Gasteiger partial charge in [-0.15, -0.1) is 11.3 Å². The molecule has 1 aromatic carbocycles. The van der Waals surface area contributed by atoms with Crippen LogP contribution >= 0.6 is 22.9 Å². The lowest BCUT2D eigenvalue weighted by molar-refractivity contribution is -0.141. The van der Waals surface area contributed by atoms with E-state index in [-0.39, 0.29) is 35.4 Å². The van der Waals surface area contributed by atoms with Gasteiger partial charge in [0, 0.05) is 29.0 Å². The average Bonchev–Trinajstić information content (AvgIpc) is 3.67. The van der Waals surface area contributed by atoms with E-state index < -0.39 is 28.7 Å². The minimum atomic E-state index is -1.25. The summed E-state index contributed by atoms with van der Waals surface area (Å²) in [5.74, 6) is -3.46. The number of aromatic nitrogens is 3. The van der Waals surface area contributed by atoms with Crippen LogP contribution in [0.4, 0.5) is 8.78 Å². The van der Waals surface area contributed by atoms with Crippen molar-refractivity contribution in [3.05, 3.63) is 80.2 Å². The van der Waals surface area contributed by atoms with Gasteiger partial charge in [-0.2, -0.15) is 5.10 Å². The third-order valence-electron chi connectivity index (χ3n) is 7.33. The fourth-order valence-corrected chi connectivity index (χ4v) is 6.13. The van der Waals surface area contributed by atoms with Crippen LogP contribution in [0.3, 0.4) is 0 Å². The average molecular weight is 590 g/mol. The summed E-state index contributed by atoms with van der Waals surface area (Å²) in [7, 11) is 1.35. The molecule has 5 rings (SSSR count). The number of halogens is 3. The number of amidine groups is 1. The first kappa shape index (κ1) is 27.9. The number of aryl methyl sites for hydroxylation is 1. The van der Waals surface area contributed by atoms with Gasteiger partial charge < -0.3 is 15.2 Å². The zero-order valence-electron chi connectivity index (χ0n) is 21.4. The molecule has 3 aromatic rings. The molecule has 3 heterocycles. The first-order chi connectivity index (χ1) is 19.3. The summed E-state index contributed by atoms with van der Waals surface area (Å²) in [6.45, 7) is 0.424. The van der Waals surface area contributed by atoms with Gasteiger partial charge in [-0.3, -0.25) is 14.5 Å². The number of ether oxygens (including phenoxy) is 1. The van der Waals surface area contributed by atoms with Crippen molar-refractivity contribution in [1.29, 1.82) is 0 Å². The van der Waals surface area contributed by atoms with Crippen molar-refractivity contribution in [2.24, 2.45) is 10.9 Å². The van der Waals surface area contributed by atoms with Gasteiger partial charge in [0.25, 0.3) is 0 Å². The zero-order valence-corrected chi connectivity index (χ0v) is 23.0. The topological polar surface area (TPSA) is 119 Å². The first-order valence-corrected chi connectivity index (χ1v) is 14.0. The van der Waals surface area contributed by atoms with Gasteiger partial charge in [0.05, 0.1) is 36.9 Å². The van der Waals surface area contributed by atoms with Gasteiger partial charge in [-0.25, -0.2) is 18.6 Å². The van der Waals surface area contributed by atoms with Crippen LogP contribution in [-0.4, -0.2) is 44.8 Å². The van der Waals surface area contributed by atoms with Gasteiger partial charge >= 0.3 is 11.9 Å². The summed E-state index contributed by atoms with van der Waals surface area (Å²) in [5, 5.41) is 19.7. The minimum Gasteiger partial charge on any atom is -0.478 e. The summed E-state index contributed by atoms with van der Waals surface area (Å²) in [6, 6.07) is 1.04. The molecular weight excluding hydrogens is 564 g/mol. The molecule has 1 aliphatic heterocycles. The summed E-state index contributed by atoms with van der Waals surface area (Å²) in [4.78, 5) is 33.0. The van der Waals surface area contributed by atoms with Gasteiger partial charge in [0.15, 0.2) is 22.5 Å². The molecule has 2 aliphatic rings. The van der Waals surface area contributed by atoms with Crippen LogP contribution in [-0.2, 0) is 20.9 Å². The van der Waals surface area contributed by atoms with Crippen molar-refractivity contribution in [3.8, 4) is 0 Å². The van der Waals surface area contributed by atoms with E-state index in [4.69, 9.17) is 11.6 Å². The molecule has 0 radical (unpaired) electrons. The Balaban J connectivity index is 1.42. The van der Waals surface area contributed by atoms with Gasteiger partial charge in [0.1, 0.15) is 6.04 Å². The van der Waals surface area contributed by atoms with Crippen LogP contribution < -0.4 is 5.32 Å². The maximum Gasteiger partial charge on any atom is 0.335 e. The van der Waals surface area contributed by atoms with Crippen molar-refractivity contribution < 1.29 is 28.2 Å². The summed E-state index contributed by atoms with van der Waals surface area (Å²) >= 11 is 7.50. The van der Waals surface area contributed by atoms with E-state index in [1.165, 1.54) is 24.5 Å². The number of thiazole rings is 1. The molecule has 0 spiro atoms. The van der Waals surface area contributed by atoms with E-state index in [0.29, 0.717) is 35.9 Å². The number of carboxylic acids is 1. The molecule has 0 saturated heterocycles. The molecule has 210 valence electrons. The smallest absolute Gasteiger partial charge is 0.335 e. The number of nitrogens with zero attached hydrogens (tertiary/aromatic N) is 4. The van der Waals surface area contributed by atoms with Crippen LogP contribution in [0.5, 0.6) is 0 Å². The number of rotatable bonds is 8. The Labute approximate surface area is 237 Å². The highest BCUT2D eigenvalue weighted by Crippen LogP contribution is 2.43. The lowest BCUT2D eigenvalue weighted by atomic mass is 9.76. The normalized spacial score (nSPS) is 21.1. The maximum atomic E-state index is 14.4. The predicted molar refractivity (Wildman–Crippen MR) is 144 cm³/mol. The number of methoxy groups -OCH3 is 1. The maximum absolute atomic E-state index is 14.4. The molecule has 9 nitrogen and oxygen atoms in total. The molecule has 0 bridgehead atoms. The lowest BCUT2D eigenvalue weighted by Gasteiger charge is -2.34. The van der Waals surface area contributed by atoms with Gasteiger partial charge in [-0.1, -0.05) is 17.7 Å². The van der Waals surface area contributed by atoms with Crippen molar-refractivity contribution in [1.82, 2.24) is 20.1 Å². The van der Waals surface area contributed by atoms with Crippen LogP contribution in [0.1, 0.15) is 60.2 Å². The number of nitrogens with one attached hydrogen (secondary N) is 1. The molecule has 1 unspecified atom stereocenters. The molecule has 1 saturated carbocycles. The van der Waals surface area contributed by atoms with E-state index in [1.807, 2.05) is 6.20 Å². The minimum absolute atomic E-state index is 0.0488. The van der Waals surface area contributed by atoms with Gasteiger partial charge in [0.2, 0.25) is 0 Å². The molecule has 13 heteroatoms. The van der Waals surface area contributed by atoms with E-state index in [2.05, 4.69) is 25.1 Å². The number of allylic oxidation sites excluding steroid dienone is 1. The first-order valence-electron chi connectivity index (χ1n) is 12.7. The van der Waals surface area contributed by atoms with Crippen molar-refractivity contribution in [3.63, 3.8) is 0 Å². The highest BCUT2D eigenvalue weighted by Gasteiger charge is 2.38. The number of carboxylic acid groups (broad SMARTS) is 1. The molecule has 1 atom stereocenters. The van der Waals surface area contributed by atoms with Crippen molar-refractivity contribution in [2.75, 3.05) is 7.11 Å². The Bertz CT molecular complexity index is 1480. The Morgan fingerprint density at radius 1 is 1.23 bits per heavy atom. The second-order valence-electron chi connectivity index (χ2n) is 9.65. The molecule has 0 amide bonds. The summed E-state index contributed by atoms with van der Waals surface area (Å²) < 4.78 is 34.7. The number of hydrogen-bond donors (Lipinski definition) is 2. The largest absolute Gasteiger partial charge is 0.478 e. The highest BCUT2D eigenvalue weighted by atomic mass is 35.5. The number of hydrogen-bond acceptors (Lipinski definition) is 8.